The minimum atomic E-state index is -0.0434. The molecule has 0 aliphatic rings. The van der Waals surface area contributed by atoms with Crippen molar-refractivity contribution < 1.29 is 4.42 Å². The average molecular weight is 350 g/mol. The van der Waals surface area contributed by atoms with Gasteiger partial charge < -0.3 is 15.1 Å². The first-order valence-corrected chi connectivity index (χ1v) is 9.01. The van der Waals surface area contributed by atoms with Crippen LogP contribution in [0.4, 0.5) is 0 Å². The van der Waals surface area contributed by atoms with E-state index in [0.717, 1.165) is 29.0 Å². The molecule has 0 bridgehead atoms. The summed E-state index contributed by atoms with van der Waals surface area (Å²) in [7, 11) is 0. The molecule has 0 aliphatic heterocycles. The van der Waals surface area contributed by atoms with Crippen LogP contribution in [0.5, 0.6) is 0 Å². The third-order valence-electron chi connectivity index (χ3n) is 3.49. The van der Waals surface area contributed by atoms with Crippen LogP contribution in [0.15, 0.2) is 15.6 Å². The molecule has 0 fully saturated rings. The lowest BCUT2D eigenvalue weighted by atomic mass is 9.94. The molecular weight excluding hydrogens is 322 g/mol. The first-order chi connectivity index (χ1) is 11.3. The van der Waals surface area contributed by atoms with E-state index in [4.69, 9.17) is 4.42 Å². The lowest BCUT2D eigenvalue weighted by molar-refractivity contribution is 0.383. The van der Waals surface area contributed by atoms with Crippen LogP contribution in [-0.4, -0.2) is 22.5 Å². The number of aliphatic imine (C=N–C) groups is 1. The monoisotopic (exact) mass is 349 g/mol. The van der Waals surface area contributed by atoms with E-state index < -0.39 is 0 Å². The van der Waals surface area contributed by atoms with Crippen molar-refractivity contribution >= 4 is 17.3 Å². The molecule has 0 spiro atoms. The lowest BCUT2D eigenvalue weighted by Crippen LogP contribution is -2.36. The Morgan fingerprint density at radius 3 is 2.58 bits per heavy atom. The lowest BCUT2D eigenvalue weighted by Gasteiger charge is -2.13. The Kier molecular flexibility index (Phi) is 5.99. The van der Waals surface area contributed by atoms with Crippen molar-refractivity contribution in [3.8, 4) is 0 Å². The Morgan fingerprint density at radius 1 is 1.29 bits per heavy atom. The van der Waals surface area contributed by atoms with E-state index in [1.54, 1.807) is 17.5 Å². The highest BCUT2D eigenvalue weighted by Crippen LogP contribution is 2.22. The zero-order valence-electron chi connectivity index (χ0n) is 15.4. The average Bonchev–Trinajstić information content (AvgIpc) is 3.09. The predicted octanol–water partition coefficient (Wildman–Crippen LogP) is 3.30. The van der Waals surface area contributed by atoms with Gasteiger partial charge in [-0.2, -0.15) is 0 Å². The summed E-state index contributed by atoms with van der Waals surface area (Å²) in [6, 6.07) is 0. The summed E-state index contributed by atoms with van der Waals surface area (Å²) in [4.78, 5) is 14.6. The number of hydrogen-bond donors (Lipinski definition) is 2. The molecule has 7 heteroatoms. The molecule has 2 heterocycles. The minimum Gasteiger partial charge on any atom is -0.443 e. The second-order valence-electron chi connectivity index (χ2n) is 6.67. The van der Waals surface area contributed by atoms with Gasteiger partial charge in [0.1, 0.15) is 17.3 Å². The Hall–Kier alpha value is -1.89. The SMILES string of the molecule is CCNC(=NCc1ncc(C(C)(C)C)o1)NCc1nc(C)c(C)s1. The molecule has 0 aromatic carbocycles. The van der Waals surface area contributed by atoms with E-state index in [1.807, 2.05) is 13.8 Å². The van der Waals surface area contributed by atoms with Gasteiger partial charge in [0.25, 0.3) is 0 Å². The Bertz CT molecular complexity index is 677. The molecule has 0 saturated carbocycles. The van der Waals surface area contributed by atoms with Gasteiger partial charge in [0, 0.05) is 16.8 Å². The van der Waals surface area contributed by atoms with Crippen LogP contribution in [0.3, 0.4) is 0 Å². The molecule has 6 nitrogen and oxygen atoms in total. The first kappa shape index (κ1) is 18.4. The maximum atomic E-state index is 5.77. The Morgan fingerprint density at radius 2 is 2.04 bits per heavy atom. The number of rotatable bonds is 5. The molecule has 24 heavy (non-hydrogen) atoms. The van der Waals surface area contributed by atoms with Gasteiger partial charge in [-0.15, -0.1) is 11.3 Å². The summed E-state index contributed by atoms with van der Waals surface area (Å²) in [5.74, 6) is 2.23. The summed E-state index contributed by atoms with van der Waals surface area (Å²) in [5.41, 5.74) is 1.05. The van der Waals surface area contributed by atoms with Crippen LogP contribution >= 0.6 is 11.3 Å². The molecule has 2 rings (SSSR count). The van der Waals surface area contributed by atoms with Gasteiger partial charge in [-0.1, -0.05) is 20.8 Å². The maximum absolute atomic E-state index is 5.77. The third-order valence-corrected chi connectivity index (χ3v) is 4.56. The topological polar surface area (TPSA) is 75.3 Å². The fourth-order valence-corrected chi connectivity index (χ4v) is 2.87. The molecule has 0 unspecified atom stereocenters. The highest BCUT2D eigenvalue weighted by Gasteiger charge is 2.19. The van der Waals surface area contributed by atoms with E-state index in [0.29, 0.717) is 19.0 Å². The molecule has 2 N–H and O–H groups in total. The van der Waals surface area contributed by atoms with Gasteiger partial charge in [0.15, 0.2) is 5.96 Å². The van der Waals surface area contributed by atoms with Crippen molar-refractivity contribution in [2.24, 2.45) is 4.99 Å². The zero-order valence-corrected chi connectivity index (χ0v) is 16.2. The molecule has 132 valence electrons. The van der Waals surface area contributed by atoms with Crippen LogP contribution < -0.4 is 10.6 Å². The number of aryl methyl sites for hydroxylation is 2. The minimum absolute atomic E-state index is 0.0434. The van der Waals surface area contributed by atoms with Gasteiger partial charge >= 0.3 is 0 Å². The van der Waals surface area contributed by atoms with Crippen LogP contribution in [0.2, 0.25) is 0 Å². The van der Waals surface area contributed by atoms with E-state index in [1.165, 1.54) is 4.88 Å². The number of guanidine groups is 1. The number of aromatic nitrogens is 2. The van der Waals surface area contributed by atoms with Crippen molar-refractivity contribution in [3.63, 3.8) is 0 Å². The number of nitrogens with one attached hydrogen (secondary N) is 2. The summed E-state index contributed by atoms with van der Waals surface area (Å²) >= 11 is 1.71. The predicted molar refractivity (Wildman–Crippen MR) is 98.4 cm³/mol. The third kappa shape index (κ3) is 5.06. The van der Waals surface area contributed by atoms with Crippen molar-refractivity contribution in [2.75, 3.05) is 6.54 Å². The fraction of sp³-hybridized carbons (Fsp3) is 0.588. The van der Waals surface area contributed by atoms with Gasteiger partial charge in [0.05, 0.1) is 18.4 Å². The summed E-state index contributed by atoms with van der Waals surface area (Å²) < 4.78 is 5.77. The summed E-state index contributed by atoms with van der Waals surface area (Å²) in [5, 5.41) is 7.59. The maximum Gasteiger partial charge on any atom is 0.216 e. The van der Waals surface area contributed by atoms with E-state index in [-0.39, 0.29) is 5.41 Å². The molecule has 2 aromatic heterocycles. The van der Waals surface area contributed by atoms with Crippen molar-refractivity contribution in [3.05, 3.63) is 33.4 Å². The molecule has 0 atom stereocenters. The van der Waals surface area contributed by atoms with Crippen molar-refractivity contribution in [1.82, 2.24) is 20.6 Å². The standard InChI is InChI=1S/C17H27N5OS/c1-7-18-16(21-10-15-22-11(2)12(3)24-15)20-9-14-19-8-13(23-14)17(4,5)6/h8H,7,9-10H2,1-6H3,(H2,18,20,21). The highest BCUT2D eigenvalue weighted by molar-refractivity contribution is 7.11. The normalized spacial score (nSPS) is 12.5. The second kappa shape index (κ2) is 7.79. The van der Waals surface area contributed by atoms with Crippen LogP contribution in [-0.2, 0) is 18.5 Å². The Balaban J connectivity index is 1.98. The van der Waals surface area contributed by atoms with Crippen LogP contribution in [0.1, 0.15) is 54.9 Å². The van der Waals surface area contributed by atoms with Gasteiger partial charge in [-0.3, -0.25) is 0 Å². The van der Waals surface area contributed by atoms with Gasteiger partial charge in [0.2, 0.25) is 5.89 Å². The zero-order chi connectivity index (χ0) is 17.7. The molecule has 0 aliphatic carbocycles. The molecule has 0 saturated heterocycles. The fourth-order valence-electron chi connectivity index (χ4n) is 1.99. The van der Waals surface area contributed by atoms with Crippen molar-refractivity contribution in [1.29, 1.82) is 0 Å². The van der Waals surface area contributed by atoms with Gasteiger partial charge in [-0.05, 0) is 20.8 Å². The molecule has 0 amide bonds. The largest absolute Gasteiger partial charge is 0.443 e. The Labute approximate surface area is 147 Å². The highest BCUT2D eigenvalue weighted by atomic mass is 32.1. The smallest absolute Gasteiger partial charge is 0.216 e. The first-order valence-electron chi connectivity index (χ1n) is 8.20. The number of nitrogens with zero attached hydrogens (tertiary/aromatic N) is 3. The van der Waals surface area contributed by atoms with Gasteiger partial charge in [-0.25, -0.2) is 15.0 Å². The summed E-state index contributed by atoms with van der Waals surface area (Å²) in [6.45, 7) is 14.3. The number of oxazole rings is 1. The molecule has 0 radical (unpaired) electrons. The molecule has 2 aromatic rings. The quantitative estimate of drug-likeness (QED) is 0.640. The van der Waals surface area contributed by atoms with Crippen molar-refractivity contribution in [2.45, 2.75) is 60.0 Å². The van der Waals surface area contributed by atoms with E-state index >= 15 is 0 Å². The van der Waals surface area contributed by atoms with E-state index in [2.05, 4.69) is 53.3 Å². The molecular formula is C17H27N5OS. The van der Waals surface area contributed by atoms with Crippen LogP contribution in [0.25, 0.3) is 0 Å². The van der Waals surface area contributed by atoms with Crippen LogP contribution in [0, 0.1) is 13.8 Å². The second-order valence-corrected chi connectivity index (χ2v) is 7.95. The van der Waals surface area contributed by atoms with E-state index in [9.17, 15) is 0 Å². The summed E-state index contributed by atoms with van der Waals surface area (Å²) in [6.07, 6.45) is 1.78. The number of hydrogen-bond acceptors (Lipinski definition) is 5. The number of thiazole rings is 1.